The number of thioether (sulfide) groups is 1. The lowest BCUT2D eigenvalue weighted by Crippen LogP contribution is -1.85. The smallest absolute Gasteiger partial charge is 0.277 e. The fraction of sp³-hybridized carbons (Fsp3) is 0.176. The van der Waals surface area contributed by atoms with Gasteiger partial charge in [-0.3, -0.25) is 0 Å². The summed E-state index contributed by atoms with van der Waals surface area (Å²) in [7, 11) is 1.66. The van der Waals surface area contributed by atoms with E-state index in [1.165, 1.54) is 17.3 Å². The first-order chi connectivity index (χ1) is 10.7. The molecule has 0 amide bonds. The fourth-order valence-electron chi connectivity index (χ4n) is 1.99. The summed E-state index contributed by atoms with van der Waals surface area (Å²) in [6, 6.07) is 16.0. The van der Waals surface area contributed by atoms with Crippen molar-refractivity contribution in [2.45, 2.75) is 17.9 Å². The maximum Gasteiger partial charge on any atom is 0.277 e. The number of methoxy groups -OCH3 is 1. The number of rotatable bonds is 5. The predicted octanol–water partition coefficient (Wildman–Crippen LogP) is 4.35. The van der Waals surface area contributed by atoms with Crippen LogP contribution in [0.5, 0.6) is 5.75 Å². The predicted molar refractivity (Wildman–Crippen MR) is 87.0 cm³/mol. The van der Waals surface area contributed by atoms with Crippen molar-refractivity contribution >= 4 is 11.8 Å². The Morgan fingerprint density at radius 1 is 1.09 bits per heavy atom. The van der Waals surface area contributed by atoms with E-state index in [0.29, 0.717) is 11.1 Å². The molecule has 0 spiro atoms. The second kappa shape index (κ2) is 6.66. The maximum absolute atomic E-state index is 5.70. The molecular formula is C17H16N2O2S. The molecule has 0 saturated heterocycles. The molecule has 0 aliphatic carbocycles. The highest BCUT2D eigenvalue weighted by Gasteiger charge is 2.09. The summed E-state index contributed by atoms with van der Waals surface area (Å²) in [4.78, 5) is 0. The molecule has 0 saturated carbocycles. The van der Waals surface area contributed by atoms with Gasteiger partial charge in [0.15, 0.2) is 0 Å². The lowest BCUT2D eigenvalue weighted by molar-refractivity contribution is 0.414. The van der Waals surface area contributed by atoms with Crippen LogP contribution >= 0.6 is 11.8 Å². The lowest BCUT2D eigenvalue weighted by Gasteiger charge is -2.02. The van der Waals surface area contributed by atoms with Crippen LogP contribution in [0.4, 0.5) is 0 Å². The molecule has 5 heteroatoms. The molecule has 0 atom stereocenters. The van der Waals surface area contributed by atoms with Crippen molar-refractivity contribution in [2.24, 2.45) is 0 Å². The zero-order valence-corrected chi connectivity index (χ0v) is 13.3. The molecule has 0 fully saturated rings. The Balaban J connectivity index is 1.67. The average Bonchev–Trinajstić information content (AvgIpc) is 3.03. The Morgan fingerprint density at radius 2 is 1.91 bits per heavy atom. The molecule has 0 radical (unpaired) electrons. The molecule has 0 bridgehead atoms. The Labute approximate surface area is 133 Å². The largest absolute Gasteiger partial charge is 0.497 e. The summed E-state index contributed by atoms with van der Waals surface area (Å²) >= 11 is 1.52. The van der Waals surface area contributed by atoms with Crippen LogP contribution in [0.1, 0.15) is 11.1 Å². The zero-order valence-electron chi connectivity index (χ0n) is 12.4. The number of hydrogen-bond acceptors (Lipinski definition) is 5. The van der Waals surface area contributed by atoms with Crippen LogP contribution in [0.25, 0.3) is 11.5 Å². The first kappa shape index (κ1) is 14.7. The summed E-state index contributed by atoms with van der Waals surface area (Å²) < 4.78 is 10.9. The van der Waals surface area contributed by atoms with Crippen LogP contribution in [0.2, 0.25) is 0 Å². The average molecular weight is 312 g/mol. The Kier molecular flexibility index (Phi) is 4.44. The highest BCUT2D eigenvalue weighted by atomic mass is 32.2. The summed E-state index contributed by atoms with van der Waals surface area (Å²) in [5.74, 6) is 2.16. The van der Waals surface area contributed by atoms with E-state index in [4.69, 9.17) is 9.15 Å². The maximum atomic E-state index is 5.70. The highest BCUT2D eigenvalue weighted by molar-refractivity contribution is 7.98. The molecule has 0 aliphatic heterocycles. The van der Waals surface area contributed by atoms with Crippen LogP contribution in [0.3, 0.4) is 0 Å². The minimum Gasteiger partial charge on any atom is -0.497 e. The third-order valence-corrected chi connectivity index (χ3v) is 4.09. The Morgan fingerprint density at radius 3 is 2.68 bits per heavy atom. The van der Waals surface area contributed by atoms with Crippen LogP contribution in [-0.2, 0) is 5.75 Å². The van der Waals surface area contributed by atoms with Gasteiger partial charge >= 0.3 is 0 Å². The molecule has 0 aliphatic rings. The quantitative estimate of drug-likeness (QED) is 0.656. The number of benzene rings is 2. The van der Waals surface area contributed by atoms with E-state index in [2.05, 4.69) is 10.2 Å². The first-order valence-electron chi connectivity index (χ1n) is 6.91. The number of hydrogen-bond donors (Lipinski definition) is 0. The number of nitrogens with zero attached hydrogens (tertiary/aromatic N) is 2. The van der Waals surface area contributed by atoms with Gasteiger partial charge in [-0.1, -0.05) is 41.6 Å². The van der Waals surface area contributed by atoms with E-state index in [9.17, 15) is 0 Å². The second-order valence-electron chi connectivity index (χ2n) is 4.88. The number of ether oxygens (including phenoxy) is 1. The van der Waals surface area contributed by atoms with Gasteiger partial charge in [-0.25, -0.2) is 0 Å². The van der Waals surface area contributed by atoms with Crippen LogP contribution in [-0.4, -0.2) is 17.3 Å². The molecular weight excluding hydrogens is 296 g/mol. The molecule has 3 aromatic rings. The van der Waals surface area contributed by atoms with Gasteiger partial charge in [0.25, 0.3) is 5.22 Å². The first-order valence-corrected chi connectivity index (χ1v) is 7.89. The molecule has 2 aromatic carbocycles. The summed E-state index contributed by atoms with van der Waals surface area (Å²) in [6.45, 7) is 2.05. The van der Waals surface area contributed by atoms with Crippen LogP contribution in [0, 0.1) is 6.92 Å². The zero-order chi connectivity index (χ0) is 15.4. The topological polar surface area (TPSA) is 48.2 Å². The van der Waals surface area contributed by atoms with Gasteiger partial charge in [0.1, 0.15) is 5.75 Å². The molecule has 3 rings (SSSR count). The van der Waals surface area contributed by atoms with Gasteiger partial charge in [-0.05, 0) is 36.8 Å². The molecule has 1 heterocycles. The molecule has 1 aromatic heterocycles. The van der Waals surface area contributed by atoms with E-state index >= 15 is 0 Å². The summed E-state index contributed by atoms with van der Waals surface area (Å²) in [5.41, 5.74) is 3.29. The molecule has 4 nitrogen and oxygen atoms in total. The van der Waals surface area contributed by atoms with Crippen molar-refractivity contribution in [3.05, 3.63) is 59.7 Å². The van der Waals surface area contributed by atoms with Crippen LogP contribution in [0.15, 0.2) is 58.2 Å². The van der Waals surface area contributed by atoms with Crippen molar-refractivity contribution in [1.82, 2.24) is 10.2 Å². The van der Waals surface area contributed by atoms with Crippen molar-refractivity contribution < 1.29 is 9.15 Å². The Hall–Kier alpha value is -2.27. The third kappa shape index (κ3) is 3.49. The van der Waals surface area contributed by atoms with E-state index in [1.807, 2.05) is 55.5 Å². The second-order valence-corrected chi connectivity index (χ2v) is 5.81. The van der Waals surface area contributed by atoms with Gasteiger partial charge < -0.3 is 9.15 Å². The fourth-order valence-corrected chi connectivity index (χ4v) is 2.69. The number of aryl methyl sites for hydroxylation is 1. The van der Waals surface area contributed by atoms with E-state index < -0.39 is 0 Å². The normalized spacial score (nSPS) is 10.6. The van der Waals surface area contributed by atoms with Crippen molar-refractivity contribution in [3.8, 4) is 17.2 Å². The minimum atomic E-state index is 0.549. The Bertz CT molecular complexity index is 753. The van der Waals surface area contributed by atoms with Gasteiger partial charge in [-0.15, -0.1) is 10.2 Å². The highest BCUT2D eigenvalue weighted by Crippen LogP contribution is 2.26. The minimum absolute atomic E-state index is 0.549. The van der Waals surface area contributed by atoms with Crippen LogP contribution < -0.4 is 4.74 Å². The standard InChI is InChI=1S/C17H16N2O2S/c1-12-6-8-14(9-7-12)16-18-19-17(21-16)22-11-13-4-3-5-15(10-13)20-2/h3-10H,11H2,1-2H3. The van der Waals surface area contributed by atoms with E-state index in [0.717, 1.165) is 22.6 Å². The summed E-state index contributed by atoms with van der Waals surface area (Å²) in [5, 5.41) is 8.76. The molecule has 112 valence electrons. The number of aromatic nitrogens is 2. The van der Waals surface area contributed by atoms with Crippen molar-refractivity contribution in [2.75, 3.05) is 7.11 Å². The van der Waals surface area contributed by atoms with Crippen molar-refractivity contribution in [1.29, 1.82) is 0 Å². The molecule has 0 unspecified atom stereocenters. The van der Waals surface area contributed by atoms with Gasteiger partial charge in [-0.2, -0.15) is 0 Å². The molecule has 22 heavy (non-hydrogen) atoms. The van der Waals surface area contributed by atoms with Gasteiger partial charge in [0.05, 0.1) is 7.11 Å². The van der Waals surface area contributed by atoms with Crippen molar-refractivity contribution in [3.63, 3.8) is 0 Å². The third-order valence-electron chi connectivity index (χ3n) is 3.20. The monoisotopic (exact) mass is 312 g/mol. The summed E-state index contributed by atoms with van der Waals surface area (Å²) in [6.07, 6.45) is 0. The van der Waals surface area contributed by atoms with E-state index in [1.54, 1.807) is 7.11 Å². The molecule has 0 N–H and O–H groups in total. The lowest BCUT2D eigenvalue weighted by atomic mass is 10.1. The van der Waals surface area contributed by atoms with Gasteiger partial charge in [0, 0.05) is 11.3 Å². The SMILES string of the molecule is COc1cccc(CSc2nnc(-c3ccc(C)cc3)o2)c1. The van der Waals surface area contributed by atoms with E-state index in [-0.39, 0.29) is 0 Å². The van der Waals surface area contributed by atoms with Gasteiger partial charge in [0.2, 0.25) is 5.89 Å².